The van der Waals surface area contributed by atoms with E-state index in [9.17, 15) is 4.39 Å². The van der Waals surface area contributed by atoms with Gasteiger partial charge in [0.2, 0.25) is 0 Å². The maximum atomic E-state index is 13.5. The lowest BCUT2D eigenvalue weighted by atomic mass is 9.93. The van der Waals surface area contributed by atoms with Gasteiger partial charge in [0.25, 0.3) is 0 Å². The lowest BCUT2D eigenvalue weighted by Gasteiger charge is -2.35. The zero-order valence-electron chi connectivity index (χ0n) is 12.4. The molecule has 20 heavy (non-hydrogen) atoms. The molecule has 1 aliphatic heterocycles. The lowest BCUT2D eigenvalue weighted by molar-refractivity contribution is 0.146. The van der Waals surface area contributed by atoms with Gasteiger partial charge < -0.3 is 5.32 Å². The third-order valence-electron chi connectivity index (χ3n) is 3.81. The second-order valence-electron chi connectivity index (χ2n) is 5.27. The number of benzene rings is 1. The highest BCUT2D eigenvalue weighted by Crippen LogP contribution is 2.28. The molecular weight excluding hydrogens is 298 g/mol. The third kappa shape index (κ3) is 4.32. The minimum atomic E-state index is -0.301. The monoisotopic (exact) mass is 322 g/mol. The first-order chi connectivity index (χ1) is 8.63. The number of nitrogens with zero attached hydrogens (tertiary/aromatic N) is 1. The molecule has 2 rings (SSSR count). The molecule has 1 saturated heterocycles. The minimum Gasteiger partial charge on any atom is -0.314 e. The Morgan fingerprint density at radius 2 is 1.60 bits per heavy atom. The predicted octanol–water partition coefficient (Wildman–Crippen LogP) is 3.37. The molecule has 0 amide bonds. The van der Waals surface area contributed by atoms with Crippen LogP contribution in [0.4, 0.5) is 4.39 Å². The van der Waals surface area contributed by atoms with Crippen molar-refractivity contribution in [2.75, 3.05) is 32.9 Å². The van der Waals surface area contributed by atoms with Crippen LogP contribution in [0.15, 0.2) is 12.1 Å². The van der Waals surface area contributed by atoms with E-state index in [0.717, 1.165) is 26.2 Å². The normalized spacial score (nSPS) is 17.0. The first kappa shape index (κ1) is 19.7. The molecule has 0 spiro atoms. The van der Waals surface area contributed by atoms with Crippen molar-refractivity contribution < 1.29 is 4.39 Å². The van der Waals surface area contributed by atoms with Crippen molar-refractivity contribution in [3.63, 3.8) is 0 Å². The van der Waals surface area contributed by atoms with Crippen LogP contribution < -0.4 is 5.32 Å². The highest BCUT2D eigenvalue weighted by molar-refractivity contribution is 5.85. The van der Waals surface area contributed by atoms with Crippen LogP contribution in [-0.4, -0.2) is 37.8 Å². The van der Waals surface area contributed by atoms with Gasteiger partial charge in [0, 0.05) is 26.2 Å². The molecule has 2 nitrogen and oxygen atoms in total. The number of rotatable bonds is 3. The number of aryl methyl sites for hydroxylation is 3. The Hall–Kier alpha value is -0.350. The van der Waals surface area contributed by atoms with Crippen molar-refractivity contribution in [3.8, 4) is 0 Å². The van der Waals surface area contributed by atoms with Gasteiger partial charge in [0.15, 0.2) is 0 Å². The van der Waals surface area contributed by atoms with E-state index < -0.39 is 0 Å². The first-order valence-corrected chi connectivity index (χ1v) is 6.72. The zero-order valence-corrected chi connectivity index (χ0v) is 14.0. The van der Waals surface area contributed by atoms with Crippen molar-refractivity contribution in [2.24, 2.45) is 0 Å². The van der Waals surface area contributed by atoms with Crippen LogP contribution in [0.3, 0.4) is 0 Å². The van der Waals surface area contributed by atoms with E-state index in [1.54, 1.807) is 0 Å². The van der Waals surface area contributed by atoms with E-state index >= 15 is 0 Å². The Morgan fingerprint density at radius 3 is 2.05 bits per heavy atom. The van der Waals surface area contributed by atoms with Gasteiger partial charge in [0.1, 0.15) is 6.67 Å². The van der Waals surface area contributed by atoms with Crippen LogP contribution >= 0.6 is 24.8 Å². The highest BCUT2D eigenvalue weighted by Gasteiger charge is 2.24. The van der Waals surface area contributed by atoms with E-state index in [-0.39, 0.29) is 37.5 Å². The summed E-state index contributed by atoms with van der Waals surface area (Å²) in [5, 5.41) is 3.32. The first-order valence-electron chi connectivity index (χ1n) is 6.72. The largest absolute Gasteiger partial charge is 0.314 e. The Morgan fingerprint density at radius 1 is 1.10 bits per heavy atom. The molecule has 116 valence electrons. The summed E-state index contributed by atoms with van der Waals surface area (Å²) in [4.78, 5) is 2.27. The number of hydrogen-bond acceptors (Lipinski definition) is 2. The van der Waals surface area contributed by atoms with Crippen molar-refractivity contribution >= 4 is 24.8 Å². The average molecular weight is 323 g/mol. The molecular formula is C15H25Cl2FN2. The summed E-state index contributed by atoms with van der Waals surface area (Å²) in [5.74, 6) is 0. The maximum Gasteiger partial charge on any atom is 0.109 e. The second kappa shape index (κ2) is 8.83. The van der Waals surface area contributed by atoms with Gasteiger partial charge in [-0.05, 0) is 37.5 Å². The molecule has 5 heteroatoms. The average Bonchev–Trinajstić information content (AvgIpc) is 2.34. The van der Waals surface area contributed by atoms with Gasteiger partial charge in [-0.15, -0.1) is 24.8 Å². The van der Waals surface area contributed by atoms with Crippen LogP contribution in [0.2, 0.25) is 0 Å². The van der Waals surface area contributed by atoms with Crippen molar-refractivity contribution in [3.05, 3.63) is 34.4 Å². The molecule has 0 bridgehead atoms. The van der Waals surface area contributed by atoms with Crippen LogP contribution in [0.5, 0.6) is 0 Å². The second-order valence-corrected chi connectivity index (χ2v) is 5.27. The molecule has 0 aliphatic carbocycles. The number of halogens is 3. The topological polar surface area (TPSA) is 15.3 Å². The van der Waals surface area contributed by atoms with Gasteiger partial charge >= 0.3 is 0 Å². The van der Waals surface area contributed by atoms with E-state index in [1.165, 1.54) is 22.3 Å². The van der Waals surface area contributed by atoms with Crippen molar-refractivity contribution in [1.29, 1.82) is 0 Å². The van der Waals surface area contributed by atoms with Gasteiger partial charge in [-0.2, -0.15) is 0 Å². The lowest BCUT2D eigenvalue weighted by Crippen LogP contribution is -2.46. The fraction of sp³-hybridized carbons (Fsp3) is 0.600. The maximum absolute atomic E-state index is 13.5. The fourth-order valence-electron chi connectivity index (χ4n) is 3.07. The molecule has 1 aromatic carbocycles. The summed E-state index contributed by atoms with van der Waals surface area (Å²) in [6, 6.07) is 4.24. The van der Waals surface area contributed by atoms with Crippen LogP contribution in [0.25, 0.3) is 0 Å². The molecule has 1 aliphatic rings. The van der Waals surface area contributed by atoms with Crippen LogP contribution in [0.1, 0.15) is 28.3 Å². The summed E-state index contributed by atoms with van der Waals surface area (Å²) in [6.45, 7) is 9.77. The van der Waals surface area contributed by atoms with E-state index in [4.69, 9.17) is 0 Å². The standard InChI is InChI=1S/C15H23FN2.2ClH/c1-11-8-12(2)15(13(3)9-11)14(10-16)18-6-4-17-5-7-18;;/h8-9,14,17H,4-7,10H2,1-3H3;2*1H/t14-;;/m0../s1. The number of alkyl halides is 1. The molecule has 0 saturated carbocycles. The summed E-state index contributed by atoms with van der Waals surface area (Å²) < 4.78 is 13.5. The van der Waals surface area contributed by atoms with Gasteiger partial charge in [-0.1, -0.05) is 17.7 Å². The Kier molecular flexibility index (Phi) is 8.68. The van der Waals surface area contributed by atoms with E-state index in [2.05, 4.69) is 43.1 Å². The van der Waals surface area contributed by atoms with Crippen molar-refractivity contribution in [2.45, 2.75) is 26.8 Å². The fourth-order valence-corrected chi connectivity index (χ4v) is 3.07. The number of piperazine rings is 1. The highest BCUT2D eigenvalue weighted by atomic mass is 35.5. The van der Waals surface area contributed by atoms with Crippen molar-refractivity contribution in [1.82, 2.24) is 10.2 Å². The van der Waals surface area contributed by atoms with Crippen LogP contribution in [0, 0.1) is 20.8 Å². The third-order valence-corrected chi connectivity index (χ3v) is 3.81. The quantitative estimate of drug-likeness (QED) is 0.917. The van der Waals surface area contributed by atoms with Crippen LogP contribution in [-0.2, 0) is 0 Å². The smallest absolute Gasteiger partial charge is 0.109 e. The molecule has 0 radical (unpaired) electrons. The molecule has 1 aromatic rings. The summed E-state index contributed by atoms with van der Waals surface area (Å²) >= 11 is 0. The molecule has 0 unspecified atom stereocenters. The zero-order chi connectivity index (χ0) is 13.1. The summed E-state index contributed by atoms with van der Waals surface area (Å²) in [6.07, 6.45) is 0. The SMILES string of the molecule is Cc1cc(C)c([C@H](CF)N2CCNCC2)c(C)c1.Cl.Cl. The molecule has 1 fully saturated rings. The molecule has 1 atom stereocenters. The predicted molar refractivity (Wildman–Crippen MR) is 88.3 cm³/mol. The van der Waals surface area contributed by atoms with E-state index in [0.29, 0.717) is 0 Å². The Balaban J connectivity index is 0.00000180. The minimum absolute atomic E-state index is 0. The molecule has 0 aromatic heterocycles. The van der Waals surface area contributed by atoms with Gasteiger partial charge in [-0.25, -0.2) is 4.39 Å². The number of nitrogens with one attached hydrogen (secondary N) is 1. The van der Waals surface area contributed by atoms with E-state index in [1.807, 2.05) is 0 Å². The molecule has 1 N–H and O–H groups in total. The Labute approximate surface area is 133 Å². The summed E-state index contributed by atoms with van der Waals surface area (Å²) in [7, 11) is 0. The summed E-state index contributed by atoms with van der Waals surface area (Å²) in [5.41, 5.74) is 4.87. The van der Waals surface area contributed by atoms with Gasteiger partial charge in [0.05, 0.1) is 6.04 Å². The number of hydrogen-bond donors (Lipinski definition) is 1. The molecule has 1 heterocycles. The Bertz CT molecular complexity index is 397. The van der Waals surface area contributed by atoms with Gasteiger partial charge in [-0.3, -0.25) is 4.90 Å².